The number of ether oxygens (including phenoxy) is 3. The van der Waals surface area contributed by atoms with Crippen LogP contribution in [0.5, 0.6) is 11.5 Å². The summed E-state index contributed by atoms with van der Waals surface area (Å²) in [6.45, 7) is 0.106. The minimum Gasteiger partial charge on any atom is -0.493 e. The van der Waals surface area contributed by atoms with Crippen LogP contribution in [-0.2, 0) is 9.53 Å². The van der Waals surface area contributed by atoms with Crippen molar-refractivity contribution in [3.8, 4) is 36.2 Å². The van der Waals surface area contributed by atoms with Gasteiger partial charge in [-0.3, -0.25) is 0 Å². The van der Waals surface area contributed by atoms with Crippen molar-refractivity contribution in [2.24, 2.45) is 0 Å². The molecule has 20 heavy (non-hydrogen) atoms. The average molecular weight is 270 g/mol. The molecule has 1 aromatic rings. The quantitative estimate of drug-likeness (QED) is 0.450. The SMILES string of the molecule is C#CCOC(=O)/C=C/c1ccc(OCC#C)c(OC)c1. The van der Waals surface area contributed by atoms with Crippen molar-refractivity contribution < 1.29 is 19.0 Å². The molecule has 102 valence electrons. The van der Waals surface area contributed by atoms with E-state index < -0.39 is 5.97 Å². The van der Waals surface area contributed by atoms with Gasteiger partial charge in [-0.15, -0.1) is 12.8 Å². The zero-order valence-corrected chi connectivity index (χ0v) is 11.1. The fourth-order valence-corrected chi connectivity index (χ4v) is 1.35. The third kappa shape index (κ3) is 4.80. The van der Waals surface area contributed by atoms with Crippen molar-refractivity contribution in [3.63, 3.8) is 0 Å². The molecule has 0 saturated carbocycles. The lowest BCUT2D eigenvalue weighted by molar-refractivity contribution is -0.136. The zero-order valence-electron chi connectivity index (χ0n) is 11.1. The van der Waals surface area contributed by atoms with Crippen LogP contribution in [0.4, 0.5) is 0 Å². The van der Waals surface area contributed by atoms with Crippen molar-refractivity contribution in [2.45, 2.75) is 0 Å². The van der Waals surface area contributed by atoms with E-state index >= 15 is 0 Å². The Morgan fingerprint density at radius 1 is 1.25 bits per heavy atom. The summed E-state index contributed by atoms with van der Waals surface area (Å²) in [5, 5.41) is 0. The molecule has 0 amide bonds. The van der Waals surface area contributed by atoms with E-state index in [1.54, 1.807) is 24.3 Å². The lowest BCUT2D eigenvalue weighted by Crippen LogP contribution is -2.00. The maximum Gasteiger partial charge on any atom is 0.331 e. The van der Waals surface area contributed by atoms with E-state index in [2.05, 4.69) is 11.8 Å². The van der Waals surface area contributed by atoms with Gasteiger partial charge in [0.05, 0.1) is 7.11 Å². The molecule has 0 fully saturated rings. The monoisotopic (exact) mass is 270 g/mol. The second kappa shape index (κ2) is 8.29. The Bertz CT molecular complexity index is 573. The first kappa shape index (κ1) is 15.2. The topological polar surface area (TPSA) is 44.8 Å². The van der Waals surface area contributed by atoms with Crippen LogP contribution in [-0.4, -0.2) is 26.3 Å². The summed E-state index contributed by atoms with van der Waals surface area (Å²) in [5.41, 5.74) is 0.757. The standard InChI is InChI=1S/C16H14O4/c1-4-10-19-14-8-6-13(12-15(14)18-3)7-9-16(17)20-11-5-2/h1-2,6-9,12H,10-11H2,3H3/b9-7+. The largest absolute Gasteiger partial charge is 0.493 e. The van der Waals surface area contributed by atoms with Crippen molar-refractivity contribution in [2.75, 3.05) is 20.3 Å². The van der Waals surface area contributed by atoms with Gasteiger partial charge < -0.3 is 14.2 Å². The minimum absolute atomic E-state index is 0.0502. The normalized spacial score (nSPS) is 9.55. The molecule has 0 radical (unpaired) electrons. The molecule has 0 atom stereocenters. The van der Waals surface area contributed by atoms with Crippen molar-refractivity contribution in [1.82, 2.24) is 0 Å². The molecule has 4 heteroatoms. The van der Waals surface area contributed by atoms with Gasteiger partial charge in [-0.1, -0.05) is 17.9 Å². The number of carbonyl (C=O) groups is 1. The first-order valence-electron chi connectivity index (χ1n) is 5.74. The highest BCUT2D eigenvalue weighted by molar-refractivity contribution is 5.87. The lowest BCUT2D eigenvalue weighted by atomic mass is 10.2. The van der Waals surface area contributed by atoms with Gasteiger partial charge in [0.1, 0.15) is 6.61 Å². The van der Waals surface area contributed by atoms with Crippen LogP contribution in [0.25, 0.3) is 6.08 Å². The fourth-order valence-electron chi connectivity index (χ4n) is 1.35. The molecule has 0 aliphatic rings. The summed E-state index contributed by atoms with van der Waals surface area (Å²) in [7, 11) is 1.52. The summed E-state index contributed by atoms with van der Waals surface area (Å²) in [5.74, 6) is 5.15. The van der Waals surface area contributed by atoms with E-state index in [4.69, 9.17) is 27.1 Å². The fraction of sp³-hybridized carbons (Fsp3) is 0.188. The Balaban J connectivity index is 2.78. The highest BCUT2D eigenvalue weighted by Gasteiger charge is 2.04. The summed E-state index contributed by atoms with van der Waals surface area (Å²) in [6, 6.07) is 5.19. The summed E-state index contributed by atoms with van der Waals surface area (Å²) >= 11 is 0. The Morgan fingerprint density at radius 2 is 2.00 bits per heavy atom. The van der Waals surface area contributed by atoms with E-state index in [1.165, 1.54) is 13.2 Å². The molecule has 0 aliphatic heterocycles. The van der Waals surface area contributed by atoms with Crippen LogP contribution in [0.1, 0.15) is 5.56 Å². The molecular weight excluding hydrogens is 256 g/mol. The number of terminal acetylenes is 2. The molecule has 1 rings (SSSR count). The number of hydrogen-bond donors (Lipinski definition) is 0. The first-order chi connectivity index (χ1) is 9.71. The Labute approximate surface area is 118 Å². The number of benzene rings is 1. The van der Waals surface area contributed by atoms with Crippen LogP contribution in [0.2, 0.25) is 0 Å². The smallest absolute Gasteiger partial charge is 0.331 e. The van der Waals surface area contributed by atoms with Gasteiger partial charge in [0.15, 0.2) is 18.1 Å². The van der Waals surface area contributed by atoms with Crippen molar-refractivity contribution in [1.29, 1.82) is 0 Å². The molecule has 0 bridgehead atoms. The van der Waals surface area contributed by atoms with Crippen LogP contribution < -0.4 is 9.47 Å². The average Bonchev–Trinajstić information content (AvgIpc) is 2.49. The van der Waals surface area contributed by atoms with Gasteiger partial charge in [-0.25, -0.2) is 4.79 Å². The molecule has 0 spiro atoms. The second-order valence-corrected chi connectivity index (χ2v) is 3.55. The number of esters is 1. The van der Waals surface area contributed by atoms with Crippen LogP contribution >= 0.6 is 0 Å². The zero-order chi connectivity index (χ0) is 14.8. The molecular formula is C16H14O4. The summed E-state index contributed by atoms with van der Waals surface area (Å²) in [4.78, 5) is 11.3. The molecule has 0 aliphatic carbocycles. The number of carbonyl (C=O) groups excluding carboxylic acids is 1. The van der Waals surface area contributed by atoms with E-state index in [1.807, 2.05) is 0 Å². The predicted octanol–water partition coefficient (Wildman–Crippen LogP) is 1.90. The van der Waals surface area contributed by atoms with Gasteiger partial charge in [0.25, 0.3) is 0 Å². The van der Waals surface area contributed by atoms with Gasteiger partial charge in [0.2, 0.25) is 0 Å². The van der Waals surface area contributed by atoms with E-state index in [-0.39, 0.29) is 13.2 Å². The van der Waals surface area contributed by atoms with Gasteiger partial charge in [0, 0.05) is 6.08 Å². The molecule has 4 nitrogen and oxygen atoms in total. The molecule has 0 unspecified atom stereocenters. The highest BCUT2D eigenvalue weighted by atomic mass is 16.5. The molecule has 0 aromatic heterocycles. The third-order valence-electron chi connectivity index (χ3n) is 2.21. The Kier molecular flexibility index (Phi) is 6.30. The minimum atomic E-state index is -0.505. The van der Waals surface area contributed by atoms with E-state index in [9.17, 15) is 4.79 Å². The Morgan fingerprint density at radius 3 is 2.65 bits per heavy atom. The maximum atomic E-state index is 11.3. The van der Waals surface area contributed by atoms with Crippen LogP contribution in [0, 0.1) is 24.7 Å². The Hall–Kier alpha value is -2.85. The first-order valence-corrected chi connectivity index (χ1v) is 5.74. The maximum absolute atomic E-state index is 11.3. The summed E-state index contributed by atoms with van der Waals surface area (Å²) < 4.78 is 15.2. The molecule has 1 aromatic carbocycles. The van der Waals surface area contributed by atoms with E-state index in [0.717, 1.165) is 5.56 Å². The molecule has 0 heterocycles. The van der Waals surface area contributed by atoms with Gasteiger partial charge in [-0.2, -0.15) is 0 Å². The van der Waals surface area contributed by atoms with Gasteiger partial charge >= 0.3 is 5.97 Å². The van der Waals surface area contributed by atoms with Crippen molar-refractivity contribution in [3.05, 3.63) is 29.8 Å². The lowest BCUT2D eigenvalue weighted by Gasteiger charge is -2.09. The van der Waals surface area contributed by atoms with Crippen LogP contribution in [0.3, 0.4) is 0 Å². The third-order valence-corrected chi connectivity index (χ3v) is 2.21. The van der Waals surface area contributed by atoms with Crippen molar-refractivity contribution >= 4 is 12.0 Å². The number of methoxy groups -OCH3 is 1. The predicted molar refractivity (Wildman–Crippen MR) is 76.1 cm³/mol. The molecule has 0 saturated heterocycles. The number of hydrogen-bond acceptors (Lipinski definition) is 4. The van der Waals surface area contributed by atoms with E-state index in [0.29, 0.717) is 11.5 Å². The summed E-state index contributed by atoms with van der Waals surface area (Å²) in [6.07, 6.45) is 13.0. The second-order valence-electron chi connectivity index (χ2n) is 3.55. The van der Waals surface area contributed by atoms with Gasteiger partial charge in [-0.05, 0) is 23.8 Å². The van der Waals surface area contributed by atoms with Crippen LogP contribution in [0.15, 0.2) is 24.3 Å². The molecule has 0 N–H and O–H groups in total. The number of rotatable bonds is 6. The highest BCUT2D eigenvalue weighted by Crippen LogP contribution is 2.28.